The van der Waals surface area contributed by atoms with E-state index < -0.39 is 11.3 Å². The summed E-state index contributed by atoms with van der Waals surface area (Å²) in [6.45, 7) is 4.14. The average Bonchev–Trinajstić information content (AvgIpc) is 2.24. The molecule has 0 aromatic carbocycles. The molecule has 0 saturated carbocycles. The molecule has 0 rings (SSSR count). The molecule has 1 N–H and O–H groups in total. The number of methoxy groups -OCH3 is 1. The van der Waals surface area contributed by atoms with Gasteiger partial charge in [-0.2, -0.15) is 0 Å². The van der Waals surface area contributed by atoms with Crippen molar-refractivity contribution < 1.29 is 14.3 Å². The standard InChI is InChI=1S/C10H18ClNO3/c1-4-7(2)5-9(13)12-6-8(11)10(14)15-3/h7-8H,4-6H2,1-3H3,(H,12,13). The summed E-state index contributed by atoms with van der Waals surface area (Å²) in [6.07, 6.45) is 1.41. The lowest BCUT2D eigenvalue weighted by atomic mass is 10.1. The van der Waals surface area contributed by atoms with Crippen molar-refractivity contribution in [2.24, 2.45) is 5.92 Å². The minimum atomic E-state index is -0.809. The molecule has 0 aromatic heterocycles. The van der Waals surface area contributed by atoms with Crippen molar-refractivity contribution in [3.63, 3.8) is 0 Å². The van der Waals surface area contributed by atoms with Crippen molar-refractivity contribution in [3.05, 3.63) is 0 Å². The van der Waals surface area contributed by atoms with Crippen LogP contribution in [0.4, 0.5) is 0 Å². The summed E-state index contributed by atoms with van der Waals surface area (Å²) in [4.78, 5) is 22.2. The van der Waals surface area contributed by atoms with Crippen LogP contribution in [0, 0.1) is 5.92 Å². The molecule has 0 aliphatic rings. The van der Waals surface area contributed by atoms with E-state index in [1.165, 1.54) is 7.11 Å². The number of hydrogen-bond acceptors (Lipinski definition) is 3. The molecule has 1 amide bonds. The Morgan fingerprint density at radius 2 is 2.07 bits per heavy atom. The van der Waals surface area contributed by atoms with Gasteiger partial charge >= 0.3 is 5.97 Å². The molecular formula is C10H18ClNO3. The van der Waals surface area contributed by atoms with E-state index in [-0.39, 0.29) is 12.5 Å². The first-order valence-electron chi connectivity index (χ1n) is 4.99. The summed E-state index contributed by atoms with van der Waals surface area (Å²) in [5.74, 6) is -0.267. The maximum atomic E-state index is 11.3. The predicted molar refractivity (Wildman–Crippen MR) is 58.7 cm³/mol. The van der Waals surface area contributed by atoms with Crippen molar-refractivity contribution in [2.75, 3.05) is 13.7 Å². The van der Waals surface area contributed by atoms with Gasteiger partial charge in [0.05, 0.1) is 7.11 Å². The number of esters is 1. The Balaban J connectivity index is 3.75. The lowest BCUT2D eigenvalue weighted by molar-refractivity contribution is -0.140. The van der Waals surface area contributed by atoms with Crippen LogP contribution >= 0.6 is 11.6 Å². The van der Waals surface area contributed by atoms with Crippen molar-refractivity contribution in [1.82, 2.24) is 5.32 Å². The second-order valence-electron chi connectivity index (χ2n) is 3.51. The van der Waals surface area contributed by atoms with Crippen LogP contribution < -0.4 is 5.32 Å². The highest BCUT2D eigenvalue weighted by atomic mass is 35.5. The van der Waals surface area contributed by atoms with E-state index in [2.05, 4.69) is 10.1 Å². The predicted octanol–water partition coefficient (Wildman–Crippen LogP) is 1.32. The first-order valence-corrected chi connectivity index (χ1v) is 5.43. The Hall–Kier alpha value is -0.770. The van der Waals surface area contributed by atoms with Crippen LogP contribution in [0.15, 0.2) is 0 Å². The van der Waals surface area contributed by atoms with Crippen LogP contribution in [0.5, 0.6) is 0 Å². The monoisotopic (exact) mass is 235 g/mol. The number of halogens is 1. The first-order chi connectivity index (χ1) is 7.01. The molecule has 4 nitrogen and oxygen atoms in total. The molecule has 0 fully saturated rings. The Labute approximate surface area is 95.3 Å². The first kappa shape index (κ1) is 14.2. The number of nitrogens with one attached hydrogen (secondary N) is 1. The number of hydrogen-bond donors (Lipinski definition) is 1. The van der Waals surface area contributed by atoms with E-state index >= 15 is 0 Å². The Bertz CT molecular complexity index is 221. The fourth-order valence-electron chi connectivity index (χ4n) is 0.948. The summed E-state index contributed by atoms with van der Waals surface area (Å²) < 4.78 is 4.42. The molecule has 2 unspecified atom stereocenters. The van der Waals surface area contributed by atoms with Gasteiger partial charge in [-0.05, 0) is 5.92 Å². The second-order valence-corrected chi connectivity index (χ2v) is 4.04. The number of amides is 1. The SMILES string of the molecule is CCC(C)CC(=O)NCC(Cl)C(=O)OC. The molecule has 0 heterocycles. The van der Waals surface area contributed by atoms with Gasteiger partial charge in [-0.1, -0.05) is 20.3 Å². The Kier molecular flexibility index (Phi) is 7.13. The summed E-state index contributed by atoms with van der Waals surface area (Å²) in [6, 6.07) is 0. The number of carbonyl (C=O) groups is 2. The van der Waals surface area contributed by atoms with Gasteiger partial charge in [0, 0.05) is 13.0 Å². The molecule has 0 aliphatic carbocycles. The maximum absolute atomic E-state index is 11.3. The minimum Gasteiger partial charge on any atom is -0.468 e. The largest absolute Gasteiger partial charge is 0.468 e. The van der Waals surface area contributed by atoms with Gasteiger partial charge < -0.3 is 10.1 Å². The lowest BCUT2D eigenvalue weighted by Gasteiger charge is -2.11. The van der Waals surface area contributed by atoms with E-state index in [0.717, 1.165) is 6.42 Å². The van der Waals surface area contributed by atoms with Crippen LogP contribution in [-0.4, -0.2) is 30.9 Å². The fraction of sp³-hybridized carbons (Fsp3) is 0.800. The number of alkyl halides is 1. The summed E-state index contributed by atoms with van der Waals surface area (Å²) in [7, 11) is 1.26. The van der Waals surface area contributed by atoms with Gasteiger partial charge in [-0.15, -0.1) is 11.6 Å². The highest BCUT2D eigenvalue weighted by Crippen LogP contribution is 2.05. The topological polar surface area (TPSA) is 55.4 Å². The second kappa shape index (κ2) is 7.51. The minimum absolute atomic E-state index is 0.0843. The van der Waals surface area contributed by atoms with Gasteiger partial charge in [0.2, 0.25) is 5.91 Å². The Morgan fingerprint density at radius 3 is 2.53 bits per heavy atom. The van der Waals surface area contributed by atoms with Crippen molar-refractivity contribution >= 4 is 23.5 Å². The maximum Gasteiger partial charge on any atom is 0.325 e. The lowest BCUT2D eigenvalue weighted by Crippen LogP contribution is -2.34. The van der Waals surface area contributed by atoms with Gasteiger partial charge in [0.1, 0.15) is 5.38 Å². The van der Waals surface area contributed by atoms with Gasteiger partial charge in [0.15, 0.2) is 0 Å². The summed E-state index contributed by atoms with van der Waals surface area (Å²) >= 11 is 5.66. The molecule has 0 bridgehead atoms. The zero-order valence-electron chi connectivity index (χ0n) is 9.38. The molecular weight excluding hydrogens is 218 g/mol. The Morgan fingerprint density at radius 1 is 1.47 bits per heavy atom. The van der Waals surface area contributed by atoms with Gasteiger partial charge in [-0.3, -0.25) is 9.59 Å². The summed E-state index contributed by atoms with van der Waals surface area (Å²) in [5, 5.41) is 1.78. The molecule has 0 saturated heterocycles. The highest BCUT2D eigenvalue weighted by molar-refractivity contribution is 6.30. The third-order valence-electron chi connectivity index (χ3n) is 2.17. The van der Waals surface area contributed by atoms with Crippen LogP contribution in [0.1, 0.15) is 26.7 Å². The third kappa shape index (κ3) is 6.33. The van der Waals surface area contributed by atoms with Crippen LogP contribution in [0.25, 0.3) is 0 Å². The van der Waals surface area contributed by atoms with Crippen molar-refractivity contribution in [2.45, 2.75) is 32.1 Å². The van der Waals surface area contributed by atoms with E-state index in [9.17, 15) is 9.59 Å². The molecule has 0 aliphatic heterocycles. The van der Waals surface area contributed by atoms with E-state index in [0.29, 0.717) is 12.3 Å². The van der Waals surface area contributed by atoms with Crippen LogP contribution in [0.3, 0.4) is 0 Å². The quantitative estimate of drug-likeness (QED) is 0.558. The normalized spacial score (nSPS) is 14.1. The van der Waals surface area contributed by atoms with E-state index in [1.807, 2.05) is 13.8 Å². The molecule has 0 radical (unpaired) electrons. The number of rotatable bonds is 6. The van der Waals surface area contributed by atoms with E-state index in [1.54, 1.807) is 0 Å². The molecule has 2 atom stereocenters. The van der Waals surface area contributed by atoms with Crippen LogP contribution in [0.2, 0.25) is 0 Å². The smallest absolute Gasteiger partial charge is 0.325 e. The molecule has 0 aromatic rings. The van der Waals surface area contributed by atoms with Gasteiger partial charge in [-0.25, -0.2) is 0 Å². The number of carbonyl (C=O) groups excluding carboxylic acids is 2. The zero-order valence-corrected chi connectivity index (χ0v) is 10.1. The average molecular weight is 236 g/mol. The van der Waals surface area contributed by atoms with Crippen LogP contribution in [-0.2, 0) is 14.3 Å². The zero-order chi connectivity index (χ0) is 11.8. The van der Waals surface area contributed by atoms with Crippen molar-refractivity contribution in [1.29, 1.82) is 0 Å². The molecule has 0 spiro atoms. The van der Waals surface area contributed by atoms with E-state index in [4.69, 9.17) is 11.6 Å². The van der Waals surface area contributed by atoms with Crippen molar-refractivity contribution in [3.8, 4) is 0 Å². The highest BCUT2D eigenvalue weighted by Gasteiger charge is 2.16. The summed E-state index contributed by atoms with van der Waals surface area (Å²) in [5.41, 5.74) is 0. The molecule has 5 heteroatoms. The molecule has 88 valence electrons. The third-order valence-corrected chi connectivity index (χ3v) is 2.50. The molecule has 15 heavy (non-hydrogen) atoms. The van der Waals surface area contributed by atoms with Gasteiger partial charge in [0.25, 0.3) is 0 Å². The number of ether oxygens (including phenoxy) is 1. The fourth-order valence-corrected chi connectivity index (χ4v) is 1.11.